The van der Waals surface area contributed by atoms with Gasteiger partial charge in [-0.3, -0.25) is 0 Å². The van der Waals surface area contributed by atoms with E-state index in [-0.39, 0.29) is 6.10 Å². The van der Waals surface area contributed by atoms with Gasteiger partial charge in [0, 0.05) is 19.4 Å². The highest BCUT2D eigenvalue weighted by atomic mass is 16.5. The summed E-state index contributed by atoms with van der Waals surface area (Å²) >= 11 is 0. The Balaban J connectivity index is 2.70. The Morgan fingerprint density at radius 1 is 1.50 bits per heavy atom. The van der Waals surface area contributed by atoms with Crippen molar-refractivity contribution in [2.75, 3.05) is 6.61 Å². The fourth-order valence-electron chi connectivity index (χ4n) is 1.39. The van der Waals surface area contributed by atoms with Crippen LogP contribution >= 0.6 is 0 Å². The summed E-state index contributed by atoms with van der Waals surface area (Å²) < 4.78 is 10.6. The molecular formula is C11H17N3O2. The second kappa shape index (κ2) is 6.23. The van der Waals surface area contributed by atoms with E-state index in [2.05, 4.69) is 10.1 Å². The molecular weight excluding hydrogens is 206 g/mol. The van der Waals surface area contributed by atoms with Crippen LogP contribution in [-0.2, 0) is 11.2 Å². The van der Waals surface area contributed by atoms with Crippen molar-refractivity contribution in [3.8, 4) is 6.07 Å². The molecule has 1 aromatic heterocycles. The number of ether oxygens (including phenoxy) is 1. The van der Waals surface area contributed by atoms with Gasteiger partial charge in [-0.05, 0) is 12.8 Å². The van der Waals surface area contributed by atoms with E-state index in [4.69, 9.17) is 14.5 Å². The van der Waals surface area contributed by atoms with Crippen molar-refractivity contribution in [3.63, 3.8) is 0 Å². The Morgan fingerprint density at radius 2 is 2.25 bits per heavy atom. The molecule has 0 spiro atoms. The molecule has 1 unspecified atom stereocenters. The minimum Gasteiger partial charge on any atom is -0.370 e. The van der Waals surface area contributed by atoms with Crippen LogP contribution in [0.4, 0.5) is 0 Å². The van der Waals surface area contributed by atoms with Gasteiger partial charge in [0.25, 0.3) is 0 Å². The fourth-order valence-corrected chi connectivity index (χ4v) is 1.39. The topological polar surface area (TPSA) is 71.9 Å². The molecule has 1 aromatic rings. The summed E-state index contributed by atoms with van der Waals surface area (Å²) in [6.45, 7) is 6.65. The lowest BCUT2D eigenvalue weighted by Gasteiger charge is -2.16. The molecule has 0 saturated heterocycles. The summed E-state index contributed by atoms with van der Waals surface area (Å²) in [6, 6.07) is 2.04. The maximum atomic E-state index is 8.45. The van der Waals surface area contributed by atoms with Gasteiger partial charge in [-0.2, -0.15) is 10.2 Å². The number of nitrogens with zero attached hydrogens (tertiary/aromatic N) is 3. The fraction of sp³-hybridized carbons (Fsp3) is 0.727. The summed E-state index contributed by atoms with van der Waals surface area (Å²) in [5.74, 6) is 1.37. The molecule has 0 aromatic carbocycles. The summed E-state index contributed by atoms with van der Waals surface area (Å²) in [5, 5.41) is 12.3. The van der Waals surface area contributed by atoms with Gasteiger partial charge < -0.3 is 9.26 Å². The third-order valence-electron chi connectivity index (χ3n) is 2.14. The first-order chi connectivity index (χ1) is 7.69. The minimum atomic E-state index is -0.135. The van der Waals surface area contributed by atoms with Crippen molar-refractivity contribution < 1.29 is 9.26 Å². The van der Waals surface area contributed by atoms with Gasteiger partial charge in [0.05, 0.1) is 6.07 Å². The predicted molar refractivity (Wildman–Crippen MR) is 57.4 cm³/mol. The van der Waals surface area contributed by atoms with E-state index in [9.17, 15) is 0 Å². The molecule has 0 saturated carbocycles. The molecule has 1 atom stereocenters. The summed E-state index contributed by atoms with van der Waals surface area (Å²) in [4.78, 5) is 4.23. The predicted octanol–water partition coefficient (Wildman–Crippen LogP) is 2.26. The first-order valence-corrected chi connectivity index (χ1v) is 5.50. The van der Waals surface area contributed by atoms with E-state index in [0.29, 0.717) is 37.1 Å². The molecule has 5 heteroatoms. The molecule has 1 rings (SSSR count). The molecule has 0 aliphatic rings. The van der Waals surface area contributed by atoms with E-state index in [1.165, 1.54) is 0 Å². The molecule has 0 N–H and O–H groups in total. The highest BCUT2D eigenvalue weighted by molar-refractivity contribution is 4.94. The quantitative estimate of drug-likeness (QED) is 0.739. The maximum Gasteiger partial charge on any atom is 0.227 e. The SMILES string of the molecule is CCOC(c1noc(CCC#N)n1)C(C)C. The van der Waals surface area contributed by atoms with Crippen LogP contribution in [0.5, 0.6) is 0 Å². The van der Waals surface area contributed by atoms with Crippen molar-refractivity contribution in [1.82, 2.24) is 10.1 Å². The summed E-state index contributed by atoms with van der Waals surface area (Å²) in [7, 11) is 0. The highest BCUT2D eigenvalue weighted by Crippen LogP contribution is 2.23. The lowest BCUT2D eigenvalue weighted by molar-refractivity contribution is 0.0217. The molecule has 0 aliphatic carbocycles. The third kappa shape index (κ3) is 3.31. The third-order valence-corrected chi connectivity index (χ3v) is 2.14. The Morgan fingerprint density at radius 3 is 2.81 bits per heavy atom. The largest absolute Gasteiger partial charge is 0.370 e. The lowest BCUT2D eigenvalue weighted by Crippen LogP contribution is -2.12. The molecule has 0 amide bonds. The number of rotatable bonds is 6. The standard InChI is InChI=1S/C11H17N3O2/c1-4-15-10(8(2)3)11-13-9(16-14-11)6-5-7-12/h8,10H,4-6H2,1-3H3. The van der Waals surface area contributed by atoms with E-state index < -0.39 is 0 Å². The molecule has 88 valence electrons. The Kier molecular flexibility index (Phi) is 4.93. The average molecular weight is 223 g/mol. The molecule has 0 radical (unpaired) electrons. The lowest BCUT2D eigenvalue weighted by atomic mass is 10.1. The molecule has 0 aliphatic heterocycles. The van der Waals surface area contributed by atoms with E-state index in [1.54, 1.807) is 0 Å². The molecule has 5 nitrogen and oxygen atoms in total. The van der Waals surface area contributed by atoms with Gasteiger partial charge in [-0.1, -0.05) is 19.0 Å². The van der Waals surface area contributed by atoms with Crippen LogP contribution in [0.15, 0.2) is 4.52 Å². The van der Waals surface area contributed by atoms with E-state index >= 15 is 0 Å². The van der Waals surface area contributed by atoms with Crippen molar-refractivity contribution in [2.45, 2.75) is 39.7 Å². The second-order valence-corrected chi connectivity index (χ2v) is 3.82. The van der Waals surface area contributed by atoms with E-state index in [0.717, 1.165) is 0 Å². The van der Waals surface area contributed by atoms with E-state index in [1.807, 2.05) is 26.8 Å². The minimum absolute atomic E-state index is 0.135. The number of aromatic nitrogens is 2. The highest BCUT2D eigenvalue weighted by Gasteiger charge is 2.21. The van der Waals surface area contributed by atoms with Crippen LogP contribution in [0, 0.1) is 17.2 Å². The van der Waals surface area contributed by atoms with Crippen LogP contribution < -0.4 is 0 Å². The van der Waals surface area contributed by atoms with Gasteiger partial charge >= 0.3 is 0 Å². The monoisotopic (exact) mass is 223 g/mol. The summed E-state index contributed by atoms with van der Waals surface area (Å²) in [6.07, 6.45) is 0.757. The van der Waals surface area contributed by atoms with Crippen molar-refractivity contribution in [2.24, 2.45) is 5.92 Å². The number of hydrogen-bond donors (Lipinski definition) is 0. The van der Waals surface area contributed by atoms with Gasteiger partial charge in [0.1, 0.15) is 6.10 Å². The zero-order valence-corrected chi connectivity index (χ0v) is 9.93. The van der Waals surface area contributed by atoms with Crippen molar-refractivity contribution in [3.05, 3.63) is 11.7 Å². The Hall–Kier alpha value is -1.41. The average Bonchev–Trinajstić information content (AvgIpc) is 2.70. The van der Waals surface area contributed by atoms with Crippen LogP contribution in [0.3, 0.4) is 0 Å². The van der Waals surface area contributed by atoms with Gasteiger partial charge in [0.15, 0.2) is 0 Å². The van der Waals surface area contributed by atoms with Crippen molar-refractivity contribution >= 4 is 0 Å². The molecule has 0 fully saturated rings. The smallest absolute Gasteiger partial charge is 0.227 e. The van der Waals surface area contributed by atoms with Gasteiger partial charge in [-0.25, -0.2) is 0 Å². The van der Waals surface area contributed by atoms with Gasteiger partial charge in [-0.15, -0.1) is 0 Å². The number of aryl methyl sites for hydroxylation is 1. The van der Waals surface area contributed by atoms with Crippen molar-refractivity contribution in [1.29, 1.82) is 5.26 Å². The maximum absolute atomic E-state index is 8.45. The molecule has 1 heterocycles. The van der Waals surface area contributed by atoms with Gasteiger partial charge in [0.2, 0.25) is 11.7 Å². The Labute approximate surface area is 95.4 Å². The number of hydrogen-bond acceptors (Lipinski definition) is 5. The van der Waals surface area contributed by atoms with Crippen LogP contribution in [-0.4, -0.2) is 16.7 Å². The second-order valence-electron chi connectivity index (χ2n) is 3.82. The number of nitriles is 1. The molecule has 16 heavy (non-hydrogen) atoms. The van der Waals surface area contributed by atoms with Crippen LogP contribution in [0.1, 0.15) is 45.0 Å². The normalized spacial score (nSPS) is 12.7. The molecule has 0 bridgehead atoms. The van der Waals surface area contributed by atoms with Crippen LogP contribution in [0.25, 0.3) is 0 Å². The zero-order chi connectivity index (χ0) is 12.0. The first-order valence-electron chi connectivity index (χ1n) is 5.50. The summed E-state index contributed by atoms with van der Waals surface area (Å²) in [5.41, 5.74) is 0. The first kappa shape index (κ1) is 12.7. The zero-order valence-electron chi connectivity index (χ0n) is 9.93. The Bertz CT molecular complexity index is 354. The van der Waals surface area contributed by atoms with Crippen LogP contribution in [0.2, 0.25) is 0 Å².